The first-order chi connectivity index (χ1) is 4.86. The molecule has 0 heterocycles. The van der Waals surface area contributed by atoms with Gasteiger partial charge in [0, 0.05) is 12.3 Å². The summed E-state index contributed by atoms with van der Waals surface area (Å²) in [5, 5.41) is 0. The third kappa shape index (κ3) is 0.377. The molecule has 2 unspecified atom stereocenters. The Kier molecular flexibility index (Phi) is 0.697. The second kappa shape index (κ2) is 1.36. The van der Waals surface area contributed by atoms with Gasteiger partial charge in [-0.05, 0) is 24.2 Å². The summed E-state index contributed by atoms with van der Waals surface area (Å²) >= 11 is 0. The third-order valence-electron chi connectivity index (χ3n) is 3.43. The van der Waals surface area contributed by atoms with Crippen LogP contribution in [0, 0.1) is 23.7 Å². The molecular formula is C9H10O. The van der Waals surface area contributed by atoms with Crippen molar-refractivity contribution in [2.75, 3.05) is 0 Å². The largest absolute Gasteiger partial charge is 0.299 e. The summed E-state index contributed by atoms with van der Waals surface area (Å²) < 4.78 is 0. The summed E-state index contributed by atoms with van der Waals surface area (Å²) in [5.41, 5.74) is 0. The summed E-state index contributed by atoms with van der Waals surface area (Å²) in [4.78, 5) is 11.1. The van der Waals surface area contributed by atoms with E-state index >= 15 is 0 Å². The minimum absolute atomic E-state index is 0.468. The molecule has 52 valence electrons. The maximum absolute atomic E-state index is 11.1. The number of carbonyl (C=O) groups excluding carboxylic acids is 1. The van der Waals surface area contributed by atoms with Gasteiger partial charge >= 0.3 is 0 Å². The first-order valence-corrected chi connectivity index (χ1v) is 4.07. The van der Waals surface area contributed by atoms with Crippen LogP contribution in [0.4, 0.5) is 0 Å². The molecule has 2 fully saturated rings. The molecule has 10 heavy (non-hydrogen) atoms. The summed E-state index contributed by atoms with van der Waals surface area (Å²) in [6.07, 6.45) is 6.73. The average Bonchev–Trinajstić information content (AvgIpc) is 2.40. The molecule has 0 saturated heterocycles. The van der Waals surface area contributed by atoms with E-state index < -0.39 is 0 Å². The lowest BCUT2D eigenvalue weighted by atomic mass is 9.67. The van der Waals surface area contributed by atoms with E-state index in [9.17, 15) is 4.79 Å². The van der Waals surface area contributed by atoms with Crippen LogP contribution in [0.3, 0.4) is 0 Å². The fourth-order valence-electron chi connectivity index (χ4n) is 2.89. The average molecular weight is 134 g/mol. The van der Waals surface area contributed by atoms with Crippen LogP contribution in [0.25, 0.3) is 0 Å². The van der Waals surface area contributed by atoms with Crippen molar-refractivity contribution in [2.45, 2.75) is 12.8 Å². The lowest BCUT2D eigenvalue weighted by Crippen LogP contribution is -2.39. The first-order valence-electron chi connectivity index (χ1n) is 4.07. The summed E-state index contributed by atoms with van der Waals surface area (Å²) in [6.45, 7) is 0. The first kappa shape index (κ1) is 5.11. The van der Waals surface area contributed by atoms with Crippen LogP contribution in [0.2, 0.25) is 0 Å². The molecule has 3 aliphatic rings. The van der Waals surface area contributed by atoms with Gasteiger partial charge in [-0.25, -0.2) is 0 Å². The Hall–Kier alpha value is -0.590. The molecule has 4 atom stereocenters. The number of hydrogen-bond donors (Lipinski definition) is 0. The Balaban J connectivity index is 2.03. The Morgan fingerprint density at radius 2 is 2.10 bits per heavy atom. The third-order valence-corrected chi connectivity index (χ3v) is 3.43. The normalized spacial score (nSPS) is 55.0. The Morgan fingerprint density at radius 1 is 1.30 bits per heavy atom. The van der Waals surface area contributed by atoms with Gasteiger partial charge in [0.25, 0.3) is 0 Å². The van der Waals surface area contributed by atoms with Crippen molar-refractivity contribution >= 4 is 5.78 Å². The van der Waals surface area contributed by atoms with E-state index in [-0.39, 0.29) is 0 Å². The number of ketones is 1. The number of rotatable bonds is 0. The van der Waals surface area contributed by atoms with Crippen molar-refractivity contribution in [3.8, 4) is 0 Å². The van der Waals surface area contributed by atoms with Gasteiger partial charge in [-0.2, -0.15) is 0 Å². The van der Waals surface area contributed by atoms with E-state index in [1.807, 2.05) is 0 Å². The zero-order valence-corrected chi connectivity index (χ0v) is 5.79. The van der Waals surface area contributed by atoms with Crippen molar-refractivity contribution in [1.82, 2.24) is 0 Å². The SMILES string of the molecule is O=C1C[C@H]2C3C=CC(C3)[C@@H]12. The van der Waals surface area contributed by atoms with Gasteiger partial charge in [-0.15, -0.1) is 0 Å². The van der Waals surface area contributed by atoms with E-state index in [1.165, 1.54) is 6.42 Å². The van der Waals surface area contributed by atoms with Crippen molar-refractivity contribution in [1.29, 1.82) is 0 Å². The van der Waals surface area contributed by atoms with Crippen molar-refractivity contribution < 1.29 is 4.79 Å². The molecule has 3 aliphatic carbocycles. The van der Waals surface area contributed by atoms with Gasteiger partial charge in [-0.1, -0.05) is 12.2 Å². The zero-order chi connectivity index (χ0) is 6.72. The van der Waals surface area contributed by atoms with Gasteiger partial charge in [0.2, 0.25) is 0 Å². The van der Waals surface area contributed by atoms with Gasteiger partial charge < -0.3 is 0 Å². The van der Waals surface area contributed by atoms with E-state index in [0.717, 1.165) is 18.3 Å². The van der Waals surface area contributed by atoms with Gasteiger partial charge in [-0.3, -0.25) is 4.79 Å². The molecule has 2 saturated carbocycles. The van der Waals surface area contributed by atoms with Crippen molar-refractivity contribution in [3.05, 3.63) is 12.2 Å². The highest BCUT2D eigenvalue weighted by Gasteiger charge is 2.54. The predicted octanol–water partition coefficient (Wildman–Crippen LogP) is 1.40. The molecule has 0 aromatic rings. The fourth-order valence-corrected chi connectivity index (χ4v) is 2.89. The van der Waals surface area contributed by atoms with E-state index in [4.69, 9.17) is 0 Å². The van der Waals surface area contributed by atoms with Crippen molar-refractivity contribution in [3.63, 3.8) is 0 Å². The maximum atomic E-state index is 11.1. The molecular weight excluding hydrogens is 124 g/mol. The molecule has 2 bridgehead atoms. The molecule has 0 aromatic heterocycles. The Labute approximate surface area is 60.1 Å². The maximum Gasteiger partial charge on any atom is 0.137 e. The van der Waals surface area contributed by atoms with Crippen LogP contribution in [0.1, 0.15) is 12.8 Å². The molecule has 0 aromatic carbocycles. The minimum Gasteiger partial charge on any atom is -0.299 e. The van der Waals surface area contributed by atoms with Crippen LogP contribution in [-0.2, 0) is 4.79 Å². The van der Waals surface area contributed by atoms with Gasteiger partial charge in [0.05, 0.1) is 0 Å². The second-order valence-corrected chi connectivity index (χ2v) is 3.81. The Bertz CT molecular complexity index is 229. The molecule has 0 radical (unpaired) electrons. The highest BCUT2D eigenvalue weighted by atomic mass is 16.1. The van der Waals surface area contributed by atoms with Crippen LogP contribution >= 0.6 is 0 Å². The number of allylic oxidation sites excluding steroid dienone is 2. The molecule has 3 rings (SSSR count). The Morgan fingerprint density at radius 3 is 2.70 bits per heavy atom. The standard InChI is InChI=1S/C9H10O/c10-8-4-7-5-1-2-6(3-5)9(7)8/h1-2,5-7,9H,3-4H2/t5?,6?,7-,9+/m0/s1. The van der Waals surface area contributed by atoms with E-state index in [0.29, 0.717) is 17.6 Å². The second-order valence-electron chi connectivity index (χ2n) is 3.81. The van der Waals surface area contributed by atoms with Crippen LogP contribution in [0.5, 0.6) is 0 Å². The monoisotopic (exact) mass is 134 g/mol. The molecule has 1 heteroatoms. The lowest BCUT2D eigenvalue weighted by Gasteiger charge is -2.35. The highest BCUT2D eigenvalue weighted by molar-refractivity contribution is 5.89. The van der Waals surface area contributed by atoms with E-state index in [1.54, 1.807) is 0 Å². The summed E-state index contributed by atoms with van der Waals surface area (Å²) in [5.74, 6) is 3.20. The molecule has 0 amide bonds. The lowest BCUT2D eigenvalue weighted by molar-refractivity contribution is -0.134. The topological polar surface area (TPSA) is 17.1 Å². The summed E-state index contributed by atoms with van der Waals surface area (Å²) in [7, 11) is 0. The quantitative estimate of drug-likeness (QED) is 0.458. The number of hydrogen-bond acceptors (Lipinski definition) is 1. The molecule has 0 aliphatic heterocycles. The van der Waals surface area contributed by atoms with Gasteiger partial charge in [0.15, 0.2) is 0 Å². The van der Waals surface area contributed by atoms with Crippen LogP contribution < -0.4 is 0 Å². The van der Waals surface area contributed by atoms with Crippen molar-refractivity contribution in [2.24, 2.45) is 23.7 Å². The van der Waals surface area contributed by atoms with Crippen LogP contribution in [0.15, 0.2) is 12.2 Å². The summed E-state index contributed by atoms with van der Waals surface area (Å²) in [6, 6.07) is 0. The van der Waals surface area contributed by atoms with E-state index in [2.05, 4.69) is 12.2 Å². The molecule has 0 N–H and O–H groups in total. The zero-order valence-electron chi connectivity index (χ0n) is 5.79. The van der Waals surface area contributed by atoms with Crippen LogP contribution in [-0.4, -0.2) is 5.78 Å². The molecule has 1 nitrogen and oxygen atoms in total. The number of carbonyl (C=O) groups is 1. The number of Topliss-reactive ketones (excluding diaryl/α,β-unsaturated/α-hetero) is 1. The van der Waals surface area contributed by atoms with Gasteiger partial charge in [0.1, 0.15) is 5.78 Å². The fraction of sp³-hybridized carbons (Fsp3) is 0.667. The minimum atomic E-state index is 0.468. The predicted molar refractivity (Wildman–Crippen MR) is 37.3 cm³/mol. The number of fused-ring (bicyclic) bond motifs is 5. The smallest absolute Gasteiger partial charge is 0.137 e. The molecule has 0 spiro atoms. The highest BCUT2D eigenvalue weighted by Crippen LogP contribution is 2.55.